The summed E-state index contributed by atoms with van der Waals surface area (Å²) in [6.45, 7) is 1.73. The average Bonchev–Trinajstić information content (AvgIpc) is 2.31. The summed E-state index contributed by atoms with van der Waals surface area (Å²) < 4.78 is 4.77. The number of carboxylic acid groups (broad SMARTS) is 1. The first-order valence-electron chi connectivity index (χ1n) is 5.35. The van der Waals surface area contributed by atoms with Crippen molar-refractivity contribution in [3.05, 3.63) is 29.3 Å². The van der Waals surface area contributed by atoms with Crippen LogP contribution in [-0.4, -0.2) is 36.7 Å². The number of methoxy groups -OCH3 is 1. The van der Waals surface area contributed by atoms with Gasteiger partial charge < -0.3 is 20.9 Å². The molecule has 0 saturated carbocycles. The highest BCUT2D eigenvalue weighted by molar-refractivity contribution is 5.98. The summed E-state index contributed by atoms with van der Waals surface area (Å²) in [6.07, 6.45) is 0. The molecule has 1 rings (SSSR count). The molecule has 0 fully saturated rings. The quantitative estimate of drug-likeness (QED) is 0.712. The molecule has 1 amide bonds. The number of anilines is 1. The summed E-state index contributed by atoms with van der Waals surface area (Å²) in [5.41, 5.74) is 6.64. The van der Waals surface area contributed by atoms with Crippen molar-refractivity contribution in [2.75, 3.05) is 19.0 Å². The largest absolute Gasteiger partial charge is 0.478 e. The highest BCUT2D eigenvalue weighted by Gasteiger charge is 2.16. The molecular formula is C12H16N2O4. The summed E-state index contributed by atoms with van der Waals surface area (Å²) in [5.74, 6) is -1.45. The third-order valence-corrected chi connectivity index (χ3v) is 2.51. The second-order valence-electron chi connectivity index (χ2n) is 3.83. The molecule has 98 valence electrons. The molecule has 0 radical (unpaired) electrons. The van der Waals surface area contributed by atoms with Gasteiger partial charge >= 0.3 is 5.97 Å². The molecule has 6 nitrogen and oxygen atoms in total. The number of carbonyl (C=O) groups is 2. The Morgan fingerprint density at radius 3 is 2.72 bits per heavy atom. The Morgan fingerprint density at radius 1 is 1.50 bits per heavy atom. The number of carboxylic acids is 1. The van der Waals surface area contributed by atoms with E-state index in [1.807, 2.05) is 0 Å². The normalized spacial score (nSPS) is 11.9. The number of amides is 1. The van der Waals surface area contributed by atoms with Gasteiger partial charge in [0, 0.05) is 12.8 Å². The van der Waals surface area contributed by atoms with Gasteiger partial charge in [-0.05, 0) is 24.6 Å². The van der Waals surface area contributed by atoms with E-state index in [2.05, 4.69) is 5.32 Å². The maximum absolute atomic E-state index is 11.7. The minimum atomic E-state index is -1.04. The van der Waals surface area contributed by atoms with E-state index in [9.17, 15) is 9.59 Å². The second-order valence-corrected chi connectivity index (χ2v) is 3.83. The lowest BCUT2D eigenvalue weighted by molar-refractivity contribution is -0.118. The number of aromatic carboxylic acids is 1. The third kappa shape index (κ3) is 3.28. The first-order valence-corrected chi connectivity index (χ1v) is 5.35. The van der Waals surface area contributed by atoms with Crippen LogP contribution in [0.5, 0.6) is 0 Å². The van der Waals surface area contributed by atoms with Crippen LogP contribution in [-0.2, 0) is 9.53 Å². The third-order valence-electron chi connectivity index (χ3n) is 2.51. The minimum absolute atomic E-state index is 0.101. The van der Waals surface area contributed by atoms with E-state index in [1.165, 1.54) is 13.2 Å². The Hall–Kier alpha value is -1.92. The number of nitrogens with one attached hydrogen (secondary N) is 1. The van der Waals surface area contributed by atoms with E-state index in [4.69, 9.17) is 15.6 Å². The summed E-state index contributed by atoms with van der Waals surface area (Å²) in [7, 11) is 1.45. The lowest BCUT2D eigenvalue weighted by atomic mass is 10.1. The molecule has 0 spiro atoms. The zero-order chi connectivity index (χ0) is 13.7. The molecule has 0 aliphatic rings. The van der Waals surface area contributed by atoms with Crippen LogP contribution < -0.4 is 11.1 Å². The summed E-state index contributed by atoms with van der Waals surface area (Å²) in [5, 5.41) is 11.5. The van der Waals surface area contributed by atoms with Crippen molar-refractivity contribution in [2.24, 2.45) is 5.73 Å². The van der Waals surface area contributed by atoms with Crippen LogP contribution in [0.1, 0.15) is 15.9 Å². The number of ether oxygens (including phenoxy) is 1. The van der Waals surface area contributed by atoms with Crippen LogP contribution in [0.2, 0.25) is 0 Å². The Balaban J connectivity index is 2.88. The highest BCUT2D eigenvalue weighted by Crippen LogP contribution is 2.19. The first-order chi connectivity index (χ1) is 8.47. The van der Waals surface area contributed by atoms with Crippen molar-refractivity contribution in [2.45, 2.75) is 13.0 Å². The van der Waals surface area contributed by atoms with Gasteiger partial charge in [-0.3, -0.25) is 4.79 Å². The lowest BCUT2D eigenvalue weighted by Gasteiger charge is -2.14. The molecule has 0 aromatic heterocycles. The van der Waals surface area contributed by atoms with Crippen LogP contribution in [0.3, 0.4) is 0 Å². The smallest absolute Gasteiger partial charge is 0.336 e. The maximum atomic E-state index is 11.7. The standard InChI is InChI=1S/C12H16N2O4/c1-7-8(12(16)17)4-3-5-10(7)14-11(15)9(13)6-18-2/h3-5,9H,6,13H2,1-2H3,(H,14,15)(H,16,17). The van der Waals surface area contributed by atoms with Gasteiger partial charge in [0.15, 0.2) is 0 Å². The zero-order valence-electron chi connectivity index (χ0n) is 10.3. The lowest BCUT2D eigenvalue weighted by Crippen LogP contribution is -2.39. The number of hydrogen-bond donors (Lipinski definition) is 3. The van der Waals surface area contributed by atoms with Crippen molar-refractivity contribution >= 4 is 17.6 Å². The van der Waals surface area contributed by atoms with Gasteiger partial charge in [0.05, 0.1) is 12.2 Å². The topological polar surface area (TPSA) is 102 Å². The molecule has 1 atom stereocenters. The van der Waals surface area contributed by atoms with E-state index in [0.29, 0.717) is 11.3 Å². The fourth-order valence-electron chi connectivity index (χ4n) is 1.48. The van der Waals surface area contributed by atoms with Gasteiger partial charge in [-0.15, -0.1) is 0 Å². The zero-order valence-corrected chi connectivity index (χ0v) is 10.3. The van der Waals surface area contributed by atoms with E-state index in [1.54, 1.807) is 19.1 Å². The minimum Gasteiger partial charge on any atom is -0.478 e. The average molecular weight is 252 g/mol. The molecule has 0 aliphatic heterocycles. The van der Waals surface area contributed by atoms with Gasteiger partial charge in [-0.1, -0.05) is 6.07 Å². The fourth-order valence-corrected chi connectivity index (χ4v) is 1.48. The Kier molecular flexibility index (Phi) is 4.82. The summed E-state index contributed by atoms with van der Waals surface area (Å²) >= 11 is 0. The van der Waals surface area contributed by atoms with Crippen molar-refractivity contribution < 1.29 is 19.4 Å². The van der Waals surface area contributed by atoms with Crippen LogP contribution in [0.15, 0.2) is 18.2 Å². The monoisotopic (exact) mass is 252 g/mol. The van der Waals surface area contributed by atoms with Crippen molar-refractivity contribution in [1.82, 2.24) is 0 Å². The van der Waals surface area contributed by atoms with Gasteiger partial charge in [-0.25, -0.2) is 4.79 Å². The molecule has 1 aromatic rings. The predicted molar refractivity (Wildman–Crippen MR) is 66.6 cm³/mol. The number of benzene rings is 1. The van der Waals surface area contributed by atoms with Crippen molar-refractivity contribution in [3.63, 3.8) is 0 Å². The Labute approximate surface area is 105 Å². The van der Waals surface area contributed by atoms with E-state index in [-0.39, 0.29) is 12.2 Å². The molecule has 1 aromatic carbocycles. The van der Waals surface area contributed by atoms with Gasteiger partial charge in [0.1, 0.15) is 6.04 Å². The summed E-state index contributed by atoms with van der Waals surface area (Å²) in [6, 6.07) is 3.87. The Morgan fingerprint density at radius 2 is 2.17 bits per heavy atom. The van der Waals surface area contributed by atoms with Gasteiger partial charge in [0.25, 0.3) is 0 Å². The molecular weight excluding hydrogens is 236 g/mol. The predicted octanol–water partition coefficient (Wildman–Crippen LogP) is 0.605. The van der Waals surface area contributed by atoms with E-state index < -0.39 is 17.9 Å². The number of carbonyl (C=O) groups excluding carboxylic acids is 1. The van der Waals surface area contributed by atoms with Crippen molar-refractivity contribution in [3.8, 4) is 0 Å². The molecule has 0 heterocycles. The number of rotatable bonds is 5. The first kappa shape index (κ1) is 14.1. The molecule has 0 saturated heterocycles. The van der Waals surface area contributed by atoms with Gasteiger partial charge in [-0.2, -0.15) is 0 Å². The molecule has 1 unspecified atom stereocenters. The molecule has 0 bridgehead atoms. The Bertz CT molecular complexity index is 459. The van der Waals surface area contributed by atoms with E-state index >= 15 is 0 Å². The summed E-state index contributed by atoms with van der Waals surface area (Å²) in [4.78, 5) is 22.6. The van der Waals surface area contributed by atoms with Crippen LogP contribution >= 0.6 is 0 Å². The van der Waals surface area contributed by atoms with Gasteiger partial charge in [0.2, 0.25) is 5.91 Å². The highest BCUT2D eigenvalue weighted by atomic mass is 16.5. The molecule has 18 heavy (non-hydrogen) atoms. The second kappa shape index (κ2) is 6.13. The molecule has 4 N–H and O–H groups in total. The molecule has 0 aliphatic carbocycles. The van der Waals surface area contributed by atoms with Crippen LogP contribution in [0, 0.1) is 6.92 Å². The van der Waals surface area contributed by atoms with Crippen LogP contribution in [0.4, 0.5) is 5.69 Å². The van der Waals surface area contributed by atoms with Crippen molar-refractivity contribution in [1.29, 1.82) is 0 Å². The van der Waals surface area contributed by atoms with E-state index in [0.717, 1.165) is 0 Å². The fraction of sp³-hybridized carbons (Fsp3) is 0.333. The number of hydrogen-bond acceptors (Lipinski definition) is 4. The maximum Gasteiger partial charge on any atom is 0.336 e. The number of nitrogens with two attached hydrogens (primary N) is 1. The van der Waals surface area contributed by atoms with Crippen LogP contribution in [0.25, 0.3) is 0 Å². The SMILES string of the molecule is COCC(N)C(=O)Nc1cccc(C(=O)O)c1C. The molecule has 6 heteroatoms.